The smallest absolute Gasteiger partial charge is 0.395 e. The fourth-order valence-electron chi connectivity index (χ4n) is 1.23. The number of carbonyl (C=O) groups excluding carboxylic acids is 1. The third-order valence-electron chi connectivity index (χ3n) is 2.07. The van der Waals surface area contributed by atoms with Crippen molar-refractivity contribution in [3.8, 4) is 0 Å². The average Bonchev–Trinajstić information content (AvgIpc) is 2.29. The van der Waals surface area contributed by atoms with Crippen LogP contribution in [-0.2, 0) is 11.0 Å². The van der Waals surface area contributed by atoms with Crippen LogP contribution >= 0.6 is 0 Å². The lowest BCUT2D eigenvalue weighted by Gasteiger charge is -2.09. The number of nitrogens with one attached hydrogen (secondary N) is 2. The lowest BCUT2D eigenvalue weighted by Crippen LogP contribution is -2.29. The van der Waals surface area contributed by atoms with Gasteiger partial charge in [-0.3, -0.25) is 4.79 Å². The van der Waals surface area contributed by atoms with Gasteiger partial charge in [-0.1, -0.05) is 0 Å². The first-order chi connectivity index (χ1) is 8.43. The molecule has 1 rings (SSSR count). The zero-order chi connectivity index (χ0) is 13.6. The van der Waals surface area contributed by atoms with E-state index in [0.29, 0.717) is 5.69 Å². The molecule has 0 spiro atoms. The lowest BCUT2D eigenvalue weighted by molar-refractivity contribution is -0.137. The molecule has 0 radical (unpaired) electrons. The van der Waals surface area contributed by atoms with Gasteiger partial charge in [0.25, 0.3) is 0 Å². The number of carbonyl (C=O) groups is 1. The number of alkyl halides is 3. The highest BCUT2D eigenvalue weighted by molar-refractivity contribution is 5.92. The van der Waals surface area contributed by atoms with Gasteiger partial charge in [-0.25, -0.2) is 0 Å². The van der Waals surface area contributed by atoms with E-state index in [-0.39, 0.29) is 25.6 Å². The summed E-state index contributed by atoms with van der Waals surface area (Å²) in [7, 11) is 0. The summed E-state index contributed by atoms with van der Waals surface area (Å²) in [5, 5.41) is 13.6. The molecule has 0 unspecified atom stereocenters. The Morgan fingerprint density at radius 2 is 1.83 bits per heavy atom. The van der Waals surface area contributed by atoms with Crippen LogP contribution in [0.2, 0.25) is 0 Å². The maximum absolute atomic E-state index is 12.3. The van der Waals surface area contributed by atoms with E-state index < -0.39 is 11.7 Å². The summed E-state index contributed by atoms with van der Waals surface area (Å²) in [4.78, 5) is 11.3. The van der Waals surface area contributed by atoms with Crippen molar-refractivity contribution in [1.82, 2.24) is 5.32 Å². The molecule has 1 aromatic carbocycles. The van der Waals surface area contributed by atoms with Crippen molar-refractivity contribution in [2.24, 2.45) is 0 Å². The van der Waals surface area contributed by atoms with Crippen molar-refractivity contribution in [3.05, 3.63) is 29.8 Å². The molecular formula is C11H13F3N2O2. The summed E-state index contributed by atoms with van der Waals surface area (Å²) in [6.07, 6.45) is -4.38. The molecule has 0 aliphatic carbocycles. The van der Waals surface area contributed by atoms with E-state index in [1.807, 2.05) is 0 Å². The predicted molar refractivity (Wildman–Crippen MR) is 60.0 cm³/mol. The van der Waals surface area contributed by atoms with Gasteiger partial charge in [0.2, 0.25) is 5.91 Å². The maximum Gasteiger partial charge on any atom is 0.416 e. The second-order valence-electron chi connectivity index (χ2n) is 3.52. The topological polar surface area (TPSA) is 61.4 Å². The number of hydrogen-bond donors (Lipinski definition) is 3. The van der Waals surface area contributed by atoms with Crippen molar-refractivity contribution in [2.75, 3.05) is 25.0 Å². The van der Waals surface area contributed by atoms with E-state index >= 15 is 0 Å². The van der Waals surface area contributed by atoms with Crippen LogP contribution in [-0.4, -0.2) is 30.7 Å². The zero-order valence-electron chi connectivity index (χ0n) is 9.42. The van der Waals surface area contributed by atoms with Gasteiger partial charge in [0.05, 0.1) is 18.7 Å². The molecule has 0 saturated carbocycles. The molecule has 18 heavy (non-hydrogen) atoms. The third kappa shape index (κ3) is 4.72. The second-order valence-corrected chi connectivity index (χ2v) is 3.52. The van der Waals surface area contributed by atoms with Gasteiger partial charge in [-0.05, 0) is 24.3 Å². The van der Waals surface area contributed by atoms with E-state index in [2.05, 4.69) is 10.6 Å². The molecule has 0 aromatic heterocycles. The molecule has 7 heteroatoms. The molecule has 100 valence electrons. The van der Waals surface area contributed by atoms with Gasteiger partial charge in [0.1, 0.15) is 0 Å². The van der Waals surface area contributed by atoms with Gasteiger partial charge in [-0.15, -0.1) is 0 Å². The Balaban J connectivity index is 2.51. The molecule has 0 aliphatic rings. The third-order valence-corrected chi connectivity index (χ3v) is 2.07. The first-order valence-electron chi connectivity index (χ1n) is 5.22. The van der Waals surface area contributed by atoms with E-state index in [0.717, 1.165) is 12.1 Å². The number of aliphatic hydroxyl groups excluding tert-OH is 1. The van der Waals surface area contributed by atoms with Gasteiger partial charge >= 0.3 is 6.18 Å². The van der Waals surface area contributed by atoms with Crippen LogP contribution in [0.15, 0.2) is 24.3 Å². The highest BCUT2D eigenvalue weighted by Crippen LogP contribution is 2.29. The summed E-state index contributed by atoms with van der Waals surface area (Å²) in [5.74, 6) is -0.386. The largest absolute Gasteiger partial charge is 0.416 e. The molecule has 3 N–H and O–H groups in total. The molecular weight excluding hydrogens is 249 g/mol. The summed E-state index contributed by atoms with van der Waals surface area (Å²) < 4.78 is 36.8. The number of rotatable bonds is 5. The molecule has 1 amide bonds. The number of benzene rings is 1. The molecule has 0 aliphatic heterocycles. The first-order valence-corrected chi connectivity index (χ1v) is 5.22. The molecule has 0 heterocycles. The highest BCUT2D eigenvalue weighted by atomic mass is 19.4. The van der Waals surface area contributed by atoms with E-state index in [1.54, 1.807) is 0 Å². The van der Waals surface area contributed by atoms with Crippen LogP contribution in [0.1, 0.15) is 5.56 Å². The van der Waals surface area contributed by atoms with E-state index in [9.17, 15) is 18.0 Å². The van der Waals surface area contributed by atoms with Crippen molar-refractivity contribution < 1.29 is 23.1 Å². The van der Waals surface area contributed by atoms with Gasteiger partial charge in [0, 0.05) is 12.2 Å². The van der Waals surface area contributed by atoms with Crippen LogP contribution in [0.4, 0.5) is 18.9 Å². The molecule has 0 saturated heterocycles. The fraction of sp³-hybridized carbons (Fsp3) is 0.364. The van der Waals surface area contributed by atoms with Crippen molar-refractivity contribution in [1.29, 1.82) is 0 Å². The van der Waals surface area contributed by atoms with Gasteiger partial charge in [-0.2, -0.15) is 13.2 Å². The molecule has 0 bridgehead atoms. The van der Waals surface area contributed by atoms with Crippen LogP contribution in [0, 0.1) is 0 Å². The molecule has 0 fully saturated rings. The SMILES string of the molecule is O=C(CNCCO)Nc1ccc(C(F)(F)F)cc1. The Morgan fingerprint density at radius 3 is 2.33 bits per heavy atom. The lowest BCUT2D eigenvalue weighted by atomic mass is 10.2. The zero-order valence-corrected chi connectivity index (χ0v) is 9.42. The van der Waals surface area contributed by atoms with Crippen LogP contribution in [0.5, 0.6) is 0 Å². The van der Waals surface area contributed by atoms with Crippen LogP contribution < -0.4 is 10.6 Å². The van der Waals surface area contributed by atoms with Crippen LogP contribution in [0.3, 0.4) is 0 Å². The van der Waals surface area contributed by atoms with Crippen molar-refractivity contribution in [2.45, 2.75) is 6.18 Å². The van der Waals surface area contributed by atoms with E-state index in [4.69, 9.17) is 5.11 Å². The summed E-state index contributed by atoms with van der Waals surface area (Å²) >= 11 is 0. The quantitative estimate of drug-likeness (QED) is 0.699. The Kier molecular flexibility index (Phi) is 5.11. The number of halogens is 3. The molecule has 4 nitrogen and oxygen atoms in total. The number of aliphatic hydroxyl groups is 1. The van der Waals surface area contributed by atoms with E-state index in [1.165, 1.54) is 12.1 Å². The minimum Gasteiger partial charge on any atom is -0.395 e. The minimum absolute atomic E-state index is 0.0123. The minimum atomic E-state index is -4.38. The predicted octanol–water partition coefficient (Wildman–Crippen LogP) is 1.23. The monoisotopic (exact) mass is 262 g/mol. The molecule has 1 aromatic rings. The first kappa shape index (κ1) is 14.5. The Labute approximate surface area is 102 Å². The van der Waals surface area contributed by atoms with Crippen LogP contribution in [0.25, 0.3) is 0 Å². The summed E-state index contributed by atoms with van der Waals surface area (Å²) in [5.41, 5.74) is -0.474. The maximum atomic E-state index is 12.3. The van der Waals surface area contributed by atoms with Crippen molar-refractivity contribution in [3.63, 3.8) is 0 Å². The number of hydrogen-bond acceptors (Lipinski definition) is 3. The summed E-state index contributed by atoms with van der Waals surface area (Å²) in [6, 6.07) is 4.17. The van der Waals surface area contributed by atoms with Gasteiger partial charge in [0.15, 0.2) is 0 Å². The fourth-order valence-corrected chi connectivity index (χ4v) is 1.23. The Hall–Kier alpha value is -1.60. The number of amides is 1. The van der Waals surface area contributed by atoms with Crippen molar-refractivity contribution >= 4 is 11.6 Å². The summed E-state index contributed by atoms with van der Waals surface area (Å²) in [6.45, 7) is 0.176. The average molecular weight is 262 g/mol. The second kappa shape index (κ2) is 6.36. The standard InChI is InChI=1S/C11H13F3N2O2/c12-11(13,14)8-1-3-9(4-2-8)16-10(18)7-15-5-6-17/h1-4,15,17H,5-7H2,(H,16,18). The highest BCUT2D eigenvalue weighted by Gasteiger charge is 2.29. The Bertz CT molecular complexity index is 390. The molecule has 0 atom stereocenters. The Morgan fingerprint density at radius 1 is 1.22 bits per heavy atom. The normalized spacial score (nSPS) is 11.3. The number of anilines is 1. The van der Waals surface area contributed by atoms with Gasteiger partial charge < -0.3 is 15.7 Å².